The van der Waals surface area contributed by atoms with Crippen LogP contribution in [0.25, 0.3) is 11.4 Å². The number of allylic oxidation sites excluding steroid dienone is 8. The smallest absolute Gasteiger partial charge is 0.370 e. The number of benzene rings is 2. The maximum atomic E-state index is 13.6. The Labute approximate surface area is 267 Å². The van der Waals surface area contributed by atoms with Gasteiger partial charge in [-0.1, -0.05) is 0 Å². The number of hydrogen-bond acceptors (Lipinski definition) is 0. The predicted molar refractivity (Wildman–Crippen MR) is 161 cm³/mol. The maximum absolute atomic E-state index is 13.6. The Bertz CT molecular complexity index is 1500. The molecule has 2 aromatic heterocycles. The fraction of sp³-hybridized carbons (Fsp3) is 0.222. The Kier molecular flexibility index (Phi) is 14.0. The second kappa shape index (κ2) is 16.9. The summed E-state index contributed by atoms with van der Waals surface area (Å²) in [5.41, 5.74) is 6.60. The summed E-state index contributed by atoms with van der Waals surface area (Å²) in [4.78, 5) is 0. The number of nitrogens with zero attached hydrogens (tertiary/aromatic N) is 2. The molecule has 2 aliphatic carbocycles. The van der Waals surface area contributed by atoms with E-state index >= 15 is 0 Å². The van der Waals surface area contributed by atoms with Crippen LogP contribution in [0, 0.1) is 89.1 Å². The summed E-state index contributed by atoms with van der Waals surface area (Å²) in [5.74, 6) is -2.69. The van der Waals surface area contributed by atoms with E-state index in [-0.39, 0.29) is 21.7 Å². The maximum Gasteiger partial charge on any atom is 4.00 e. The van der Waals surface area contributed by atoms with Gasteiger partial charge in [0.25, 0.3) is 0 Å². The summed E-state index contributed by atoms with van der Waals surface area (Å²) in [7, 11) is 0. The topological polar surface area (TPSA) is 9.86 Å². The van der Waals surface area contributed by atoms with Gasteiger partial charge in [0.05, 0.1) is 0 Å². The van der Waals surface area contributed by atoms with E-state index in [0.29, 0.717) is 11.4 Å². The van der Waals surface area contributed by atoms with Crippen molar-refractivity contribution in [3.8, 4) is 11.4 Å². The van der Waals surface area contributed by atoms with Gasteiger partial charge in [-0.25, -0.2) is 41.9 Å². The zero-order valence-electron chi connectivity index (χ0n) is 25.2. The average Bonchev–Trinajstić information content (AvgIpc) is 3.76. The molecule has 220 valence electrons. The molecule has 0 spiro atoms. The standard InChI is InChI=1S/2C13H12F2N.2C5H5.Ti/c2*1-8-6-9(2)16(10(8)3)13-5-4-11(14)7-12(13)15;2*1-2-4-5-3-1;/h2*4-6H,1-3H3;2*1-3H,4H2;/q4*-1;+4. The summed E-state index contributed by atoms with van der Waals surface area (Å²) in [6.07, 6.45) is 20.0. The first kappa shape index (κ1) is 35.6. The van der Waals surface area contributed by atoms with Crippen LogP contribution in [0.2, 0.25) is 0 Å². The summed E-state index contributed by atoms with van der Waals surface area (Å²) < 4.78 is 56.2. The van der Waals surface area contributed by atoms with Crippen molar-refractivity contribution in [2.24, 2.45) is 0 Å². The van der Waals surface area contributed by atoms with Crippen LogP contribution in [0.4, 0.5) is 17.6 Å². The molecular weight excluding hydrogens is 584 g/mol. The van der Waals surface area contributed by atoms with Gasteiger partial charge >= 0.3 is 21.7 Å². The van der Waals surface area contributed by atoms with Crippen molar-refractivity contribution in [3.63, 3.8) is 0 Å². The third-order valence-corrected chi connectivity index (χ3v) is 6.71. The molecule has 7 heteroatoms. The summed E-state index contributed by atoms with van der Waals surface area (Å²) in [6.45, 7) is 11.5. The molecule has 0 fully saturated rings. The van der Waals surface area contributed by atoms with Crippen LogP contribution in [0.15, 0.2) is 72.9 Å². The van der Waals surface area contributed by atoms with E-state index < -0.39 is 23.3 Å². The van der Waals surface area contributed by atoms with Crippen molar-refractivity contribution in [3.05, 3.63) is 154 Å². The zero-order valence-corrected chi connectivity index (χ0v) is 26.8. The molecule has 0 saturated heterocycles. The normalized spacial score (nSPS) is 12.1. The Morgan fingerprint density at radius 1 is 0.581 bits per heavy atom. The number of halogens is 4. The quantitative estimate of drug-likeness (QED) is 0.120. The monoisotopic (exact) mass is 618 g/mol. The molecule has 0 unspecified atom stereocenters. The number of aryl methyl sites for hydroxylation is 4. The van der Waals surface area contributed by atoms with Gasteiger partial charge in [-0.15, -0.1) is 49.2 Å². The van der Waals surface area contributed by atoms with Crippen LogP contribution in [0.5, 0.6) is 0 Å². The largest absolute Gasteiger partial charge is 4.00 e. The van der Waals surface area contributed by atoms with Crippen LogP contribution in [0.1, 0.15) is 46.7 Å². The summed E-state index contributed by atoms with van der Waals surface area (Å²) in [6, 6.07) is 13.3. The van der Waals surface area contributed by atoms with E-state index in [9.17, 15) is 17.6 Å². The molecule has 2 aliphatic rings. The van der Waals surface area contributed by atoms with Crippen molar-refractivity contribution >= 4 is 0 Å². The van der Waals surface area contributed by atoms with Crippen LogP contribution in [-0.4, -0.2) is 9.13 Å². The third-order valence-electron chi connectivity index (χ3n) is 6.71. The van der Waals surface area contributed by atoms with Crippen LogP contribution in [-0.2, 0) is 21.7 Å². The second-order valence-electron chi connectivity index (χ2n) is 9.80. The van der Waals surface area contributed by atoms with E-state index in [1.165, 1.54) is 24.3 Å². The second-order valence-corrected chi connectivity index (χ2v) is 9.80. The molecule has 0 N–H and O–H groups in total. The van der Waals surface area contributed by atoms with Crippen LogP contribution >= 0.6 is 0 Å². The van der Waals surface area contributed by atoms with Crippen molar-refractivity contribution in [2.45, 2.75) is 54.4 Å². The van der Waals surface area contributed by atoms with Crippen molar-refractivity contribution < 1.29 is 39.3 Å². The molecule has 0 aliphatic heterocycles. The molecule has 43 heavy (non-hydrogen) atoms. The van der Waals surface area contributed by atoms with Crippen molar-refractivity contribution in [1.29, 1.82) is 0 Å². The Hall–Kier alpha value is -3.61. The van der Waals surface area contributed by atoms with Gasteiger partial charge in [-0.2, -0.15) is 12.2 Å². The van der Waals surface area contributed by atoms with Gasteiger partial charge < -0.3 is 9.13 Å². The minimum Gasteiger partial charge on any atom is -0.370 e. The van der Waals surface area contributed by atoms with Gasteiger partial charge in [0, 0.05) is 46.0 Å². The minimum atomic E-state index is -0.680. The number of rotatable bonds is 2. The molecule has 6 rings (SSSR count). The van der Waals surface area contributed by atoms with Gasteiger partial charge in [0.2, 0.25) is 0 Å². The molecule has 2 nitrogen and oxygen atoms in total. The van der Waals surface area contributed by atoms with Crippen LogP contribution < -0.4 is 0 Å². The molecular formula is C36H34F4N2Ti. The van der Waals surface area contributed by atoms with Gasteiger partial charge in [-0.05, 0) is 76.2 Å². The predicted octanol–water partition coefficient (Wildman–Crippen LogP) is 9.57. The van der Waals surface area contributed by atoms with Crippen molar-refractivity contribution in [1.82, 2.24) is 9.13 Å². The fourth-order valence-corrected chi connectivity index (χ4v) is 4.49. The molecule has 2 heterocycles. The molecule has 0 amide bonds. The van der Waals surface area contributed by atoms with Crippen molar-refractivity contribution in [2.75, 3.05) is 0 Å². The number of hydrogen-bond donors (Lipinski definition) is 0. The van der Waals surface area contributed by atoms with Gasteiger partial charge in [0.15, 0.2) is 0 Å². The fourth-order valence-electron chi connectivity index (χ4n) is 4.49. The third kappa shape index (κ3) is 9.70. The molecule has 0 bridgehead atoms. The van der Waals surface area contributed by atoms with Gasteiger partial charge in [0.1, 0.15) is 0 Å². The Morgan fingerprint density at radius 2 is 0.953 bits per heavy atom. The van der Waals surface area contributed by atoms with E-state index in [0.717, 1.165) is 46.7 Å². The Balaban J connectivity index is 0.000000223. The minimum absolute atomic E-state index is 0. The van der Waals surface area contributed by atoms with E-state index in [2.05, 4.69) is 24.3 Å². The van der Waals surface area contributed by atoms with E-state index in [4.69, 9.17) is 0 Å². The first-order valence-corrected chi connectivity index (χ1v) is 13.5. The summed E-state index contributed by atoms with van der Waals surface area (Å²) >= 11 is 0. The van der Waals surface area contributed by atoms with Crippen LogP contribution in [0.3, 0.4) is 0 Å². The van der Waals surface area contributed by atoms with E-state index in [1.54, 1.807) is 9.13 Å². The summed E-state index contributed by atoms with van der Waals surface area (Å²) in [5, 5.41) is 0. The zero-order chi connectivity index (χ0) is 30.8. The number of aromatic nitrogens is 2. The average molecular weight is 619 g/mol. The molecule has 0 atom stereocenters. The molecule has 4 aromatic rings. The SMILES string of the molecule is Cc1cc(C)n(-c2ccc(F)[c-]c2F)c1C.Cc1cc(C)n(-c2ccc(F)[c-]c2F)c1C.[C-]1=CC=CC1.[C-]1=CC=CC1.[Ti+4]. The first-order valence-electron chi connectivity index (χ1n) is 13.5. The molecule has 2 aromatic carbocycles. The van der Waals surface area contributed by atoms with E-state index in [1.807, 2.05) is 90.1 Å². The van der Waals surface area contributed by atoms with Gasteiger partial charge in [-0.3, -0.25) is 12.2 Å². The molecule has 0 saturated carbocycles. The first-order chi connectivity index (χ1) is 20.0. The Morgan fingerprint density at radius 3 is 1.16 bits per heavy atom. The molecule has 0 radical (unpaired) electrons.